The Balaban J connectivity index is 0.00000242. The van der Waals surface area contributed by atoms with Crippen molar-refractivity contribution >= 4 is 22.4 Å². The largest absolute Gasteiger partial charge is 0.316 e. The average molecular weight is 348 g/mol. The van der Waals surface area contributed by atoms with Gasteiger partial charge < -0.3 is 5.32 Å². The number of benzene rings is 1. The molecule has 1 saturated heterocycles. The minimum Gasteiger partial charge on any atom is -0.316 e. The Morgan fingerprint density at radius 2 is 2.23 bits per heavy atom. The van der Waals surface area contributed by atoms with E-state index in [2.05, 4.69) is 10.0 Å². The molecule has 122 valence electrons. The van der Waals surface area contributed by atoms with Crippen LogP contribution in [0.4, 0.5) is 4.39 Å². The maximum absolute atomic E-state index is 13.3. The van der Waals surface area contributed by atoms with E-state index in [9.17, 15) is 12.8 Å². The summed E-state index contributed by atoms with van der Waals surface area (Å²) in [5.41, 5.74) is -0.273. The summed E-state index contributed by atoms with van der Waals surface area (Å²) < 4.78 is 40.5. The van der Waals surface area contributed by atoms with Gasteiger partial charge in [0.1, 0.15) is 11.9 Å². The van der Waals surface area contributed by atoms with Gasteiger partial charge in [-0.25, -0.2) is 17.5 Å². The third-order valence-electron chi connectivity index (χ3n) is 3.75. The number of piperidine rings is 1. The highest BCUT2D eigenvalue weighted by Gasteiger charge is 2.25. The summed E-state index contributed by atoms with van der Waals surface area (Å²) in [6.07, 6.45) is 1.98. The van der Waals surface area contributed by atoms with E-state index < -0.39 is 15.8 Å². The maximum atomic E-state index is 13.3. The van der Waals surface area contributed by atoms with E-state index in [4.69, 9.17) is 5.26 Å². The highest BCUT2D eigenvalue weighted by atomic mass is 35.5. The normalized spacial score (nSPS) is 19.8. The van der Waals surface area contributed by atoms with E-state index in [1.165, 1.54) is 6.07 Å². The predicted octanol–water partition coefficient (Wildman–Crippen LogP) is 1.79. The van der Waals surface area contributed by atoms with Crippen molar-refractivity contribution in [3.05, 3.63) is 29.6 Å². The maximum Gasteiger partial charge on any atom is 0.240 e. The van der Waals surface area contributed by atoms with Gasteiger partial charge in [0.25, 0.3) is 0 Å². The zero-order chi connectivity index (χ0) is 15.5. The van der Waals surface area contributed by atoms with Crippen LogP contribution in [-0.2, 0) is 10.0 Å². The lowest BCUT2D eigenvalue weighted by molar-refractivity contribution is 0.320. The summed E-state index contributed by atoms with van der Waals surface area (Å²) in [7, 11) is -3.75. The summed E-state index contributed by atoms with van der Waals surface area (Å²) in [5.74, 6) is -0.495. The molecule has 1 aromatic carbocycles. The molecule has 2 atom stereocenters. The fourth-order valence-electron chi connectivity index (χ4n) is 2.47. The van der Waals surface area contributed by atoms with Crippen LogP contribution in [0.15, 0.2) is 23.1 Å². The van der Waals surface area contributed by atoms with Gasteiger partial charge in [-0.1, -0.05) is 0 Å². The van der Waals surface area contributed by atoms with E-state index in [0.717, 1.165) is 38.1 Å². The molecule has 1 aromatic rings. The number of nitriles is 1. The zero-order valence-electron chi connectivity index (χ0n) is 12.2. The van der Waals surface area contributed by atoms with Gasteiger partial charge in [-0.05, 0) is 57.0 Å². The molecule has 1 aliphatic heterocycles. The summed E-state index contributed by atoms with van der Waals surface area (Å²) in [5, 5.41) is 12.0. The first-order valence-corrected chi connectivity index (χ1v) is 8.35. The Bertz CT molecular complexity index is 655. The fraction of sp³-hybridized carbons (Fsp3) is 0.500. The summed E-state index contributed by atoms with van der Waals surface area (Å²) >= 11 is 0. The van der Waals surface area contributed by atoms with Crippen molar-refractivity contribution < 1.29 is 12.8 Å². The molecule has 0 amide bonds. The topological polar surface area (TPSA) is 82.0 Å². The minimum atomic E-state index is -3.75. The van der Waals surface area contributed by atoms with Gasteiger partial charge in [0, 0.05) is 6.04 Å². The molecule has 2 rings (SSSR count). The van der Waals surface area contributed by atoms with Gasteiger partial charge in [0.2, 0.25) is 10.0 Å². The molecule has 8 heteroatoms. The van der Waals surface area contributed by atoms with Crippen molar-refractivity contribution in [3.8, 4) is 6.07 Å². The molecule has 1 fully saturated rings. The molecule has 2 N–H and O–H groups in total. The second-order valence-electron chi connectivity index (χ2n) is 5.27. The number of rotatable bonds is 4. The molecule has 0 radical (unpaired) electrons. The molecule has 0 spiro atoms. The second kappa shape index (κ2) is 7.88. The summed E-state index contributed by atoms with van der Waals surface area (Å²) in [4.78, 5) is -0.0870. The molecule has 0 aromatic heterocycles. The van der Waals surface area contributed by atoms with E-state index in [0.29, 0.717) is 0 Å². The van der Waals surface area contributed by atoms with Gasteiger partial charge in [0.15, 0.2) is 0 Å². The Kier molecular flexibility index (Phi) is 6.75. The van der Waals surface area contributed by atoms with Crippen LogP contribution in [-0.4, -0.2) is 27.5 Å². The number of sulfonamides is 1. The molecule has 1 heterocycles. The lowest BCUT2D eigenvalue weighted by atomic mass is 9.94. The molecule has 0 bridgehead atoms. The molecule has 0 saturated carbocycles. The van der Waals surface area contributed by atoms with E-state index in [1.54, 1.807) is 6.07 Å². The number of hydrogen-bond acceptors (Lipinski definition) is 4. The highest BCUT2D eigenvalue weighted by Crippen LogP contribution is 2.18. The highest BCUT2D eigenvalue weighted by molar-refractivity contribution is 7.89. The van der Waals surface area contributed by atoms with Crippen LogP contribution in [0, 0.1) is 23.1 Å². The molecular formula is C14H19ClFN3O2S. The lowest BCUT2D eigenvalue weighted by Gasteiger charge is -2.28. The second-order valence-corrected chi connectivity index (χ2v) is 6.98. The van der Waals surface area contributed by atoms with Crippen LogP contribution in [0.3, 0.4) is 0 Å². The molecule has 0 aliphatic carbocycles. The Labute approximate surface area is 136 Å². The van der Waals surface area contributed by atoms with Crippen LogP contribution in [0.5, 0.6) is 0 Å². The van der Waals surface area contributed by atoms with E-state index in [-0.39, 0.29) is 34.8 Å². The Morgan fingerprint density at radius 1 is 1.50 bits per heavy atom. The standard InChI is InChI=1S/C14H18FN3O2S.ClH/c1-10(11-3-2-6-17-9-11)18-21(19,20)13-4-5-14(15)12(7-13)8-16;/h4-5,7,10-11,17-18H,2-3,6,9H2,1H3;1H. The lowest BCUT2D eigenvalue weighted by Crippen LogP contribution is -2.44. The Morgan fingerprint density at radius 3 is 2.82 bits per heavy atom. The van der Waals surface area contributed by atoms with Gasteiger partial charge in [-0.2, -0.15) is 5.26 Å². The minimum absolute atomic E-state index is 0. The third kappa shape index (κ3) is 4.40. The van der Waals surface area contributed by atoms with Gasteiger partial charge in [-0.15, -0.1) is 12.4 Å². The average Bonchev–Trinajstić information content (AvgIpc) is 2.48. The van der Waals surface area contributed by atoms with Crippen LogP contribution < -0.4 is 10.0 Å². The smallest absolute Gasteiger partial charge is 0.240 e. The van der Waals surface area contributed by atoms with Crippen molar-refractivity contribution in [2.24, 2.45) is 5.92 Å². The van der Waals surface area contributed by atoms with Crippen LogP contribution in [0.1, 0.15) is 25.3 Å². The van der Waals surface area contributed by atoms with Crippen molar-refractivity contribution in [2.75, 3.05) is 13.1 Å². The van der Waals surface area contributed by atoms with Crippen molar-refractivity contribution in [1.29, 1.82) is 5.26 Å². The van der Waals surface area contributed by atoms with Crippen molar-refractivity contribution in [2.45, 2.75) is 30.7 Å². The summed E-state index contributed by atoms with van der Waals surface area (Å²) in [6, 6.07) is 4.65. The number of hydrogen-bond donors (Lipinski definition) is 2. The monoisotopic (exact) mass is 347 g/mol. The number of nitrogens with one attached hydrogen (secondary N) is 2. The third-order valence-corrected chi connectivity index (χ3v) is 5.31. The number of nitrogens with zero attached hydrogens (tertiary/aromatic N) is 1. The number of halogens is 2. The zero-order valence-corrected chi connectivity index (χ0v) is 13.8. The molecular weight excluding hydrogens is 329 g/mol. The molecule has 5 nitrogen and oxygen atoms in total. The SMILES string of the molecule is CC(NS(=O)(=O)c1ccc(F)c(C#N)c1)C1CCCNC1.Cl. The molecule has 22 heavy (non-hydrogen) atoms. The predicted molar refractivity (Wildman–Crippen MR) is 83.7 cm³/mol. The first-order valence-electron chi connectivity index (χ1n) is 6.87. The van der Waals surface area contributed by atoms with Crippen molar-refractivity contribution in [1.82, 2.24) is 10.0 Å². The molecule has 1 aliphatic rings. The van der Waals surface area contributed by atoms with Crippen LogP contribution >= 0.6 is 12.4 Å². The quantitative estimate of drug-likeness (QED) is 0.870. The summed E-state index contributed by atoms with van der Waals surface area (Å²) in [6.45, 7) is 3.56. The van der Waals surface area contributed by atoms with Crippen LogP contribution in [0.2, 0.25) is 0 Å². The van der Waals surface area contributed by atoms with Crippen molar-refractivity contribution in [3.63, 3.8) is 0 Å². The fourth-order valence-corrected chi connectivity index (χ4v) is 3.81. The van der Waals surface area contributed by atoms with Gasteiger partial charge in [0.05, 0.1) is 10.5 Å². The Hall–Kier alpha value is -1.20. The molecule has 2 unspecified atom stereocenters. The van der Waals surface area contributed by atoms with E-state index in [1.807, 2.05) is 6.92 Å². The first kappa shape index (κ1) is 18.8. The first-order chi connectivity index (χ1) is 9.94. The van der Waals surface area contributed by atoms with Gasteiger partial charge in [-0.3, -0.25) is 0 Å². The van der Waals surface area contributed by atoms with E-state index >= 15 is 0 Å². The van der Waals surface area contributed by atoms with Gasteiger partial charge >= 0.3 is 0 Å². The van der Waals surface area contributed by atoms with Crippen LogP contribution in [0.25, 0.3) is 0 Å².